The molecular formula is C16H11F3N4O. The molecule has 0 fully saturated rings. The SMILES string of the molecule is N#C/C(=C/Nc1ccc(F)c(F)c1F)C(=O)NCc1cccnc1. The summed E-state index contributed by atoms with van der Waals surface area (Å²) in [7, 11) is 0. The number of nitriles is 1. The van der Waals surface area contributed by atoms with E-state index in [2.05, 4.69) is 15.6 Å². The minimum absolute atomic E-state index is 0.144. The maximum Gasteiger partial charge on any atom is 0.263 e. The van der Waals surface area contributed by atoms with Crippen molar-refractivity contribution < 1.29 is 18.0 Å². The molecule has 122 valence electrons. The number of amides is 1. The smallest absolute Gasteiger partial charge is 0.263 e. The second-order valence-corrected chi connectivity index (χ2v) is 4.58. The minimum Gasteiger partial charge on any atom is -0.358 e. The van der Waals surface area contributed by atoms with E-state index in [4.69, 9.17) is 5.26 Å². The number of hydrogen-bond donors (Lipinski definition) is 2. The zero-order valence-corrected chi connectivity index (χ0v) is 12.2. The second-order valence-electron chi connectivity index (χ2n) is 4.58. The van der Waals surface area contributed by atoms with Crippen LogP contribution in [0, 0.1) is 28.8 Å². The highest BCUT2D eigenvalue weighted by Crippen LogP contribution is 2.19. The molecule has 0 aliphatic heterocycles. The van der Waals surface area contributed by atoms with Gasteiger partial charge in [0, 0.05) is 25.1 Å². The number of nitrogens with one attached hydrogen (secondary N) is 2. The zero-order valence-electron chi connectivity index (χ0n) is 12.2. The maximum absolute atomic E-state index is 13.5. The molecule has 5 nitrogen and oxygen atoms in total. The first-order valence-electron chi connectivity index (χ1n) is 6.70. The first kappa shape index (κ1) is 17.0. The van der Waals surface area contributed by atoms with Crippen LogP contribution in [0.3, 0.4) is 0 Å². The van der Waals surface area contributed by atoms with Gasteiger partial charge in [0.05, 0.1) is 5.69 Å². The average molecular weight is 332 g/mol. The molecule has 1 heterocycles. The molecule has 0 unspecified atom stereocenters. The predicted octanol–water partition coefficient (Wildman–Crippen LogP) is 2.63. The van der Waals surface area contributed by atoms with Gasteiger partial charge in [0.25, 0.3) is 5.91 Å². The molecule has 0 saturated heterocycles. The number of carbonyl (C=O) groups is 1. The molecule has 1 aromatic carbocycles. The molecule has 0 radical (unpaired) electrons. The van der Waals surface area contributed by atoms with E-state index in [1.54, 1.807) is 30.6 Å². The third-order valence-electron chi connectivity index (χ3n) is 2.95. The number of carbonyl (C=O) groups excluding carboxylic acids is 1. The van der Waals surface area contributed by atoms with Gasteiger partial charge in [0.1, 0.15) is 11.6 Å². The van der Waals surface area contributed by atoms with E-state index < -0.39 is 29.0 Å². The minimum atomic E-state index is -1.65. The molecule has 2 N–H and O–H groups in total. The second kappa shape index (κ2) is 7.78. The summed E-state index contributed by atoms with van der Waals surface area (Å²) in [4.78, 5) is 15.8. The normalized spacial score (nSPS) is 10.8. The molecule has 0 saturated carbocycles. The van der Waals surface area contributed by atoms with Crippen molar-refractivity contribution in [2.24, 2.45) is 0 Å². The van der Waals surface area contributed by atoms with E-state index in [1.165, 1.54) is 0 Å². The Kier molecular flexibility index (Phi) is 5.52. The largest absolute Gasteiger partial charge is 0.358 e. The molecule has 0 aliphatic carbocycles. The van der Waals surface area contributed by atoms with E-state index in [9.17, 15) is 18.0 Å². The highest BCUT2D eigenvalue weighted by molar-refractivity contribution is 5.97. The van der Waals surface area contributed by atoms with Crippen molar-refractivity contribution in [1.82, 2.24) is 10.3 Å². The highest BCUT2D eigenvalue weighted by atomic mass is 19.2. The van der Waals surface area contributed by atoms with Gasteiger partial charge in [-0.15, -0.1) is 0 Å². The van der Waals surface area contributed by atoms with E-state index >= 15 is 0 Å². The molecule has 1 aromatic heterocycles. The number of anilines is 1. The van der Waals surface area contributed by atoms with Crippen LogP contribution in [0.1, 0.15) is 5.56 Å². The highest BCUT2D eigenvalue weighted by Gasteiger charge is 2.14. The van der Waals surface area contributed by atoms with Crippen molar-refractivity contribution in [1.29, 1.82) is 5.26 Å². The van der Waals surface area contributed by atoms with Gasteiger partial charge in [0.2, 0.25) is 0 Å². The molecule has 1 amide bonds. The van der Waals surface area contributed by atoms with Crippen LogP contribution in [-0.2, 0) is 11.3 Å². The van der Waals surface area contributed by atoms with Crippen LogP contribution in [0.25, 0.3) is 0 Å². The summed E-state index contributed by atoms with van der Waals surface area (Å²) in [6, 6.07) is 6.74. The summed E-state index contributed by atoms with van der Waals surface area (Å²) in [5, 5.41) is 13.7. The van der Waals surface area contributed by atoms with Crippen LogP contribution in [-0.4, -0.2) is 10.9 Å². The Morgan fingerprint density at radius 1 is 1.25 bits per heavy atom. The fraction of sp³-hybridized carbons (Fsp3) is 0.0625. The summed E-state index contributed by atoms with van der Waals surface area (Å²) in [6.45, 7) is 0.144. The number of aromatic nitrogens is 1. The van der Waals surface area contributed by atoms with E-state index in [1.807, 2.05) is 0 Å². The molecular weight excluding hydrogens is 321 g/mol. The van der Waals surface area contributed by atoms with Gasteiger partial charge in [-0.05, 0) is 23.8 Å². The van der Waals surface area contributed by atoms with Crippen molar-refractivity contribution in [3.8, 4) is 6.07 Å². The zero-order chi connectivity index (χ0) is 17.5. The fourth-order valence-corrected chi connectivity index (χ4v) is 1.72. The summed E-state index contributed by atoms with van der Waals surface area (Å²) in [5.74, 6) is -5.14. The van der Waals surface area contributed by atoms with Gasteiger partial charge in [-0.2, -0.15) is 5.26 Å². The van der Waals surface area contributed by atoms with Crippen LogP contribution in [0.4, 0.5) is 18.9 Å². The number of hydrogen-bond acceptors (Lipinski definition) is 4. The molecule has 2 rings (SSSR count). The summed E-state index contributed by atoms with van der Waals surface area (Å²) >= 11 is 0. The third kappa shape index (κ3) is 4.10. The third-order valence-corrected chi connectivity index (χ3v) is 2.95. The van der Waals surface area contributed by atoms with Gasteiger partial charge in [-0.3, -0.25) is 9.78 Å². The number of halogens is 3. The van der Waals surface area contributed by atoms with Crippen molar-refractivity contribution in [2.45, 2.75) is 6.54 Å². The lowest BCUT2D eigenvalue weighted by molar-refractivity contribution is -0.117. The molecule has 0 bridgehead atoms. The van der Waals surface area contributed by atoms with Crippen LogP contribution >= 0.6 is 0 Å². The molecule has 2 aromatic rings. The molecule has 0 aliphatic rings. The van der Waals surface area contributed by atoms with Crippen LogP contribution in [0.2, 0.25) is 0 Å². The summed E-state index contributed by atoms with van der Waals surface area (Å²) in [5.41, 5.74) is -0.0347. The number of pyridine rings is 1. The van der Waals surface area contributed by atoms with Gasteiger partial charge >= 0.3 is 0 Å². The Bertz CT molecular complexity index is 816. The van der Waals surface area contributed by atoms with E-state index in [-0.39, 0.29) is 12.1 Å². The monoisotopic (exact) mass is 332 g/mol. The Morgan fingerprint density at radius 2 is 2.04 bits per heavy atom. The average Bonchev–Trinajstić information content (AvgIpc) is 2.61. The van der Waals surface area contributed by atoms with Crippen LogP contribution < -0.4 is 10.6 Å². The van der Waals surface area contributed by atoms with Gasteiger partial charge in [-0.25, -0.2) is 13.2 Å². The summed E-state index contributed by atoms with van der Waals surface area (Å²) < 4.78 is 39.4. The number of benzene rings is 1. The lowest BCUT2D eigenvalue weighted by atomic mass is 10.2. The van der Waals surface area contributed by atoms with Crippen molar-refractivity contribution >= 4 is 11.6 Å². The lowest BCUT2D eigenvalue weighted by Crippen LogP contribution is -2.24. The van der Waals surface area contributed by atoms with Gasteiger partial charge < -0.3 is 10.6 Å². The van der Waals surface area contributed by atoms with Gasteiger partial charge in [-0.1, -0.05) is 6.07 Å². The molecule has 8 heteroatoms. The fourth-order valence-electron chi connectivity index (χ4n) is 1.72. The van der Waals surface area contributed by atoms with Crippen molar-refractivity contribution in [3.63, 3.8) is 0 Å². The first-order chi connectivity index (χ1) is 11.5. The summed E-state index contributed by atoms with van der Waals surface area (Å²) in [6.07, 6.45) is 4.03. The number of rotatable bonds is 5. The predicted molar refractivity (Wildman–Crippen MR) is 79.7 cm³/mol. The quantitative estimate of drug-likeness (QED) is 0.501. The van der Waals surface area contributed by atoms with E-state index in [0.29, 0.717) is 0 Å². The molecule has 0 atom stereocenters. The Hall–Kier alpha value is -3.34. The molecule has 0 spiro atoms. The Labute approximate surface area is 135 Å². The Balaban J connectivity index is 2.05. The molecule has 24 heavy (non-hydrogen) atoms. The topological polar surface area (TPSA) is 77.8 Å². The Morgan fingerprint density at radius 3 is 2.71 bits per heavy atom. The lowest BCUT2D eigenvalue weighted by Gasteiger charge is -2.06. The standard InChI is InChI=1S/C16H11F3N4O/c17-12-3-4-13(15(19)14(12)18)22-9-11(6-20)16(24)23-8-10-2-1-5-21-7-10/h1-5,7,9,22H,8H2,(H,23,24)/b11-9-. The van der Waals surface area contributed by atoms with E-state index in [0.717, 1.165) is 23.9 Å². The maximum atomic E-state index is 13.5. The van der Waals surface area contributed by atoms with Gasteiger partial charge in [0.15, 0.2) is 17.5 Å². The van der Waals surface area contributed by atoms with Crippen LogP contribution in [0.5, 0.6) is 0 Å². The number of nitrogens with zero attached hydrogens (tertiary/aromatic N) is 2. The first-order valence-corrected chi connectivity index (χ1v) is 6.70. The van der Waals surface area contributed by atoms with Crippen molar-refractivity contribution in [3.05, 3.63) is 71.4 Å². The van der Waals surface area contributed by atoms with Crippen LogP contribution in [0.15, 0.2) is 48.4 Å². The van der Waals surface area contributed by atoms with Crippen molar-refractivity contribution in [2.75, 3.05) is 5.32 Å².